The average Bonchev–Trinajstić information content (AvgIpc) is 3.07. The van der Waals surface area contributed by atoms with Crippen LogP contribution >= 0.6 is 0 Å². The van der Waals surface area contributed by atoms with Crippen LogP contribution in [-0.4, -0.2) is 12.5 Å². The number of nitrogens with one attached hydrogen (secondary N) is 1. The summed E-state index contributed by atoms with van der Waals surface area (Å²) >= 11 is 0. The minimum Gasteiger partial charge on any atom is -0.399 e. The topological polar surface area (TPSA) is 55.1 Å². The van der Waals surface area contributed by atoms with Crippen LogP contribution in [0.2, 0.25) is 0 Å². The lowest BCUT2D eigenvalue weighted by atomic mass is 10.1. The van der Waals surface area contributed by atoms with Crippen molar-refractivity contribution in [2.75, 3.05) is 12.3 Å². The van der Waals surface area contributed by atoms with Crippen LogP contribution in [0.5, 0.6) is 0 Å². The van der Waals surface area contributed by atoms with Crippen LogP contribution in [-0.2, 0) is 0 Å². The smallest absolute Gasteiger partial charge is 0.251 e. The predicted molar refractivity (Wildman–Crippen MR) is 69.8 cm³/mol. The highest BCUT2D eigenvalue weighted by atomic mass is 16.1. The first-order valence-corrected chi connectivity index (χ1v) is 6.21. The lowest BCUT2D eigenvalue weighted by Gasteiger charge is -2.12. The van der Waals surface area contributed by atoms with Crippen molar-refractivity contribution in [1.82, 2.24) is 5.32 Å². The van der Waals surface area contributed by atoms with Crippen LogP contribution in [0.3, 0.4) is 0 Å². The van der Waals surface area contributed by atoms with E-state index in [1.54, 1.807) is 6.07 Å². The number of carbonyl (C=O) groups excluding carboxylic acids is 1. The third kappa shape index (κ3) is 3.22. The van der Waals surface area contributed by atoms with E-state index >= 15 is 0 Å². The van der Waals surface area contributed by atoms with Gasteiger partial charge in [-0.2, -0.15) is 0 Å². The second kappa shape index (κ2) is 4.78. The molecule has 1 aliphatic rings. The molecule has 0 aromatic heterocycles. The molecule has 1 amide bonds. The van der Waals surface area contributed by atoms with Gasteiger partial charge in [0.2, 0.25) is 0 Å². The fourth-order valence-corrected chi connectivity index (χ4v) is 2.13. The molecule has 0 saturated heterocycles. The average molecular weight is 232 g/mol. The maximum absolute atomic E-state index is 11.9. The van der Waals surface area contributed by atoms with Gasteiger partial charge in [-0.05, 0) is 55.4 Å². The molecule has 1 unspecified atom stereocenters. The number of anilines is 1. The zero-order valence-corrected chi connectivity index (χ0v) is 10.5. The molecule has 0 spiro atoms. The van der Waals surface area contributed by atoms with Crippen LogP contribution in [0.15, 0.2) is 18.2 Å². The van der Waals surface area contributed by atoms with E-state index in [9.17, 15) is 4.79 Å². The van der Waals surface area contributed by atoms with Gasteiger partial charge in [-0.25, -0.2) is 0 Å². The van der Waals surface area contributed by atoms with E-state index in [2.05, 4.69) is 12.2 Å². The summed E-state index contributed by atoms with van der Waals surface area (Å²) in [5, 5.41) is 2.98. The highest BCUT2D eigenvalue weighted by molar-refractivity contribution is 5.95. The lowest BCUT2D eigenvalue weighted by Crippen LogP contribution is -2.29. The molecule has 0 radical (unpaired) electrons. The largest absolute Gasteiger partial charge is 0.399 e. The summed E-state index contributed by atoms with van der Waals surface area (Å²) in [6.45, 7) is 4.90. The zero-order valence-electron chi connectivity index (χ0n) is 10.5. The summed E-state index contributed by atoms with van der Waals surface area (Å²) in [6, 6.07) is 5.46. The SMILES string of the molecule is Cc1cc(N)cc(C(=O)NCC(C)C2CC2)c1. The Bertz CT molecular complexity index is 404. The second-order valence-electron chi connectivity index (χ2n) is 5.16. The maximum Gasteiger partial charge on any atom is 0.251 e. The molecular weight excluding hydrogens is 212 g/mol. The Kier molecular flexibility index (Phi) is 3.36. The normalized spacial score (nSPS) is 16.6. The first-order valence-electron chi connectivity index (χ1n) is 6.21. The summed E-state index contributed by atoms with van der Waals surface area (Å²) in [4.78, 5) is 11.9. The van der Waals surface area contributed by atoms with Gasteiger partial charge in [0, 0.05) is 17.8 Å². The Hall–Kier alpha value is -1.51. The number of hydrogen-bond donors (Lipinski definition) is 2. The molecule has 0 aliphatic heterocycles. The number of rotatable bonds is 4. The quantitative estimate of drug-likeness (QED) is 0.783. The standard InChI is InChI=1S/C14H20N2O/c1-9-5-12(7-13(15)6-9)14(17)16-8-10(2)11-3-4-11/h5-7,10-11H,3-4,8,15H2,1-2H3,(H,16,17). The van der Waals surface area contributed by atoms with Gasteiger partial charge in [-0.3, -0.25) is 4.79 Å². The van der Waals surface area contributed by atoms with Crippen LogP contribution in [0, 0.1) is 18.8 Å². The zero-order chi connectivity index (χ0) is 12.4. The molecule has 3 N–H and O–H groups in total. The fourth-order valence-electron chi connectivity index (χ4n) is 2.13. The Balaban J connectivity index is 1.94. The van der Waals surface area contributed by atoms with Gasteiger partial charge in [0.1, 0.15) is 0 Å². The van der Waals surface area contributed by atoms with Crippen LogP contribution < -0.4 is 11.1 Å². The number of amides is 1. The molecule has 0 heterocycles. The van der Waals surface area contributed by atoms with Crippen molar-refractivity contribution in [3.8, 4) is 0 Å². The number of nitrogen functional groups attached to an aromatic ring is 1. The van der Waals surface area contributed by atoms with Crippen LogP contribution in [0.1, 0.15) is 35.7 Å². The minimum atomic E-state index is -0.0205. The molecule has 3 nitrogen and oxygen atoms in total. The second-order valence-corrected chi connectivity index (χ2v) is 5.16. The summed E-state index contributed by atoms with van der Waals surface area (Å²) in [6.07, 6.45) is 2.63. The summed E-state index contributed by atoms with van der Waals surface area (Å²) in [5.41, 5.74) is 8.05. The molecule has 2 rings (SSSR count). The van der Waals surface area contributed by atoms with Gasteiger partial charge in [-0.15, -0.1) is 0 Å². The molecule has 17 heavy (non-hydrogen) atoms. The summed E-state index contributed by atoms with van der Waals surface area (Å²) in [5.74, 6) is 1.38. The van der Waals surface area contributed by atoms with Gasteiger partial charge in [0.05, 0.1) is 0 Å². The highest BCUT2D eigenvalue weighted by Crippen LogP contribution is 2.36. The number of hydrogen-bond acceptors (Lipinski definition) is 2. The Morgan fingerprint density at radius 2 is 2.18 bits per heavy atom. The third-order valence-electron chi connectivity index (χ3n) is 3.37. The van der Waals surface area contributed by atoms with E-state index in [1.165, 1.54) is 12.8 Å². The number of carbonyl (C=O) groups is 1. The molecule has 1 aromatic rings. The van der Waals surface area contributed by atoms with E-state index in [0.29, 0.717) is 17.2 Å². The third-order valence-corrected chi connectivity index (χ3v) is 3.37. The molecule has 1 saturated carbocycles. The molecule has 3 heteroatoms. The van der Waals surface area contributed by atoms with E-state index in [4.69, 9.17) is 5.73 Å². The van der Waals surface area contributed by atoms with E-state index in [0.717, 1.165) is 18.0 Å². The van der Waals surface area contributed by atoms with E-state index in [-0.39, 0.29) is 5.91 Å². The van der Waals surface area contributed by atoms with Crippen molar-refractivity contribution >= 4 is 11.6 Å². The van der Waals surface area contributed by atoms with Crippen molar-refractivity contribution in [2.45, 2.75) is 26.7 Å². The van der Waals surface area contributed by atoms with Crippen molar-refractivity contribution < 1.29 is 4.79 Å². The summed E-state index contributed by atoms with van der Waals surface area (Å²) in [7, 11) is 0. The lowest BCUT2D eigenvalue weighted by molar-refractivity contribution is 0.0946. The molecule has 1 aliphatic carbocycles. The van der Waals surface area contributed by atoms with Gasteiger partial charge in [-0.1, -0.05) is 6.92 Å². The van der Waals surface area contributed by atoms with Crippen LogP contribution in [0.4, 0.5) is 5.69 Å². The van der Waals surface area contributed by atoms with Crippen molar-refractivity contribution in [3.05, 3.63) is 29.3 Å². The van der Waals surface area contributed by atoms with Gasteiger partial charge < -0.3 is 11.1 Å². The highest BCUT2D eigenvalue weighted by Gasteiger charge is 2.27. The van der Waals surface area contributed by atoms with Gasteiger partial charge >= 0.3 is 0 Å². The fraction of sp³-hybridized carbons (Fsp3) is 0.500. The van der Waals surface area contributed by atoms with Crippen molar-refractivity contribution in [3.63, 3.8) is 0 Å². The Morgan fingerprint density at radius 1 is 1.47 bits per heavy atom. The van der Waals surface area contributed by atoms with E-state index in [1.807, 2.05) is 19.1 Å². The van der Waals surface area contributed by atoms with Crippen LogP contribution in [0.25, 0.3) is 0 Å². The van der Waals surface area contributed by atoms with E-state index < -0.39 is 0 Å². The predicted octanol–water partition coefficient (Wildman–Crippen LogP) is 2.35. The van der Waals surface area contributed by atoms with Gasteiger partial charge in [0.25, 0.3) is 5.91 Å². The summed E-state index contributed by atoms with van der Waals surface area (Å²) < 4.78 is 0. The Morgan fingerprint density at radius 3 is 2.76 bits per heavy atom. The minimum absolute atomic E-state index is 0.0205. The monoisotopic (exact) mass is 232 g/mol. The molecule has 1 fully saturated rings. The molecule has 1 atom stereocenters. The first-order chi connectivity index (χ1) is 8.06. The molecular formula is C14H20N2O. The van der Waals surface area contributed by atoms with Crippen molar-refractivity contribution in [2.24, 2.45) is 11.8 Å². The number of benzene rings is 1. The number of nitrogens with two attached hydrogens (primary N) is 1. The number of aryl methyl sites for hydroxylation is 1. The molecule has 92 valence electrons. The molecule has 0 bridgehead atoms. The van der Waals surface area contributed by atoms with Gasteiger partial charge in [0.15, 0.2) is 0 Å². The Labute approximate surface area is 102 Å². The van der Waals surface area contributed by atoms with Crippen molar-refractivity contribution in [1.29, 1.82) is 0 Å². The molecule has 1 aromatic carbocycles. The maximum atomic E-state index is 11.9. The first kappa shape index (κ1) is 12.0.